The van der Waals surface area contributed by atoms with Gasteiger partial charge in [-0.1, -0.05) is 74.0 Å². The van der Waals surface area contributed by atoms with E-state index in [2.05, 4.69) is 79.8 Å². The van der Waals surface area contributed by atoms with Crippen LogP contribution >= 0.6 is 0 Å². The van der Waals surface area contributed by atoms with Crippen molar-refractivity contribution < 1.29 is 4.79 Å². The molecular weight excluding hydrogens is 310 g/mol. The Kier molecular flexibility index (Phi) is 6.59. The molecule has 0 saturated heterocycles. The molecule has 0 heterocycles. The average molecular weight is 339 g/mol. The van der Waals surface area contributed by atoms with Gasteiger partial charge in [-0.2, -0.15) is 0 Å². The second-order valence-corrected chi connectivity index (χ2v) is 6.79. The normalized spacial score (nSPS) is 12.8. The third-order valence-corrected chi connectivity index (χ3v) is 4.89. The molecule has 0 fully saturated rings. The summed E-state index contributed by atoms with van der Waals surface area (Å²) in [5, 5.41) is 2.89. The van der Waals surface area contributed by atoms with Gasteiger partial charge in [0, 0.05) is 18.5 Å². The van der Waals surface area contributed by atoms with Gasteiger partial charge in [-0.15, -0.1) is 0 Å². The Morgan fingerprint density at radius 1 is 1.04 bits per heavy atom. The van der Waals surface area contributed by atoms with Gasteiger partial charge >= 0.3 is 6.03 Å². The summed E-state index contributed by atoms with van der Waals surface area (Å²) >= 11 is 0. The largest absolute Gasteiger partial charge is 0.352 e. The SMILES string of the molecule is CCC(CN(C)C)C(CNC(N)=O)(c1ccccc1)c1ccccc1. The van der Waals surface area contributed by atoms with E-state index >= 15 is 0 Å². The quantitative estimate of drug-likeness (QED) is 0.776. The first-order chi connectivity index (χ1) is 12.0. The Bertz CT molecular complexity index is 616. The van der Waals surface area contributed by atoms with Gasteiger partial charge in [-0.3, -0.25) is 0 Å². The molecule has 0 aliphatic rings. The molecule has 0 aliphatic carbocycles. The predicted octanol–water partition coefficient (Wildman–Crippen LogP) is 3.23. The van der Waals surface area contributed by atoms with Crippen LogP contribution in [0.2, 0.25) is 0 Å². The monoisotopic (exact) mass is 339 g/mol. The highest BCUT2D eigenvalue weighted by Crippen LogP contribution is 2.41. The molecule has 25 heavy (non-hydrogen) atoms. The van der Waals surface area contributed by atoms with E-state index in [1.807, 2.05) is 12.1 Å². The summed E-state index contributed by atoms with van der Waals surface area (Å²) in [4.78, 5) is 13.7. The number of benzene rings is 2. The molecule has 2 amide bonds. The molecule has 0 saturated carbocycles. The number of urea groups is 1. The zero-order valence-corrected chi connectivity index (χ0v) is 15.4. The first-order valence-electron chi connectivity index (χ1n) is 8.79. The lowest BCUT2D eigenvalue weighted by atomic mass is 9.64. The van der Waals surface area contributed by atoms with Crippen molar-refractivity contribution in [2.45, 2.75) is 18.8 Å². The number of hydrogen-bond donors (Lipinski definition) is 2. The molecule has 0 aromatic heterocycles. The Morgan fingerprint density at radius 2 is 1.52 bits per heavy atom. The van der Waals surface area contributed by atoms with Crippen LogP contribution in [0.5, 0.6) is 0 Å². The first-order valence-corrected chi connectivity index (χ1v) is 8.79. The van der Waals surface area contributed by atoms with Crippen molar-refractivity contribution in [1.82, 2.24) is 10.2 Å². The molecule has 2 rings (SSSR count). The summed E-state index contributed by atoms with van der Waals surface area (Å²) in [6.07, 6.45) is 0.989. The minimum Gasteiger partial charge on any atom is -0.352 e. The standard InChI is InChI=1S/C21H29N3O/c1-4-17(15-24(2)3)21(16-23-20(22)25,18-11-7-5-8-12-18)19-13-9-6-10-14-19/h5-14,17H,4,15-16H2,1-3H3,(H3,22,23,25). The van der Waals surface area contributed by atoms with Crippen LogP contribution in [0.15, 0.2) is 60.7 Å². The van der Waals surface area contributed by atoms with Gasteiger partial charge in [0.05, 0.1) is 0 Å². The maximum atomic E-state index is 11.5. The number of hydrogen-bond acceptors (Lipinski definition) is 2. The van der Waals surface area contributed by atoms with E-state index in [1.54, 1.807) is 0 Å². The van der Waals surface area contributed by atoms with Crippen molar-refractivity contribution >= 4 is 6.03 Å². The van der Waals surface area contributed by atoms with E-state index in [1.165, 1.54) is 11.1 Å². The maximum Gasteiger partial charge on any atom is 0.312 e. The highest BCUT2D eigenvalue weighted by atomic mass is 16.2. The molecule has 1 unspecified atom stereocenters. The Balaban J connectivity index is 2.65. The minimum absolute atomic E-state index is 0.319. The van der Waals surface area contributed by atoms with Crippen LogP contribution < -0.4 is 11.1 Å². The van der Waals surface area contributed by atoms with Crippen LogP contribution in [0.1, 0.15) is 24.5 Å². The van der Waals surface area contributed by atoms with Gasteiger partial charge in [0.25, 0.3) is 0 Å². The number of amides is 2. The van der Waals surface area contributed by atoms with Crippen LogP contribution in [0.4, 0.5) is 4.79 Å². The van der Waals surface area contributed by atoms with Gasteiger partial charge in [0.2, 0.25) is 0 Å². The topological polar surface area (TPSA) is 58.4 Å². The van der Waals surface area contributed by atoms with Gasteiger partial charge in [-0.05, 0) is 31.1 Å². The fourth-order valence-electron chi connectivity index (χ4n) is 3.76. The molecule has 1 atom stereocenters. The molecular formula is C21H29N3O. The average Bonchev–Trinajstić information content (AvgIpc) is 2.62. The van der Waals surface area contributed by atoms with Gasteiger partial charge in [0.1, 0.15) is 0 Å². The number of carbonyl (C=O) groups excluding carboxylic acids is 1. The molecule has 2 aromatic rings. The van der Waals surface area contributed by atoms with Crippen LogP contribution in [0, 0.1) is 5.92 Å². The lowest BCUT2D eigenvalue weighted by Gasteiger charge is -2.43. The molecule has 134 valence electrons. The van der Waals surface area contributed by atoms with E-state index in [0.29, 0.717) is 12.5 Å². The highest BCUT2D eigenvalue weighted by molar-refractivity contribution is 5.72. The predicted molar refractivity (Wildman–Crippen MR) is 104 cm³/mol. The molecule has 4 nitrogen and oxygen atoms in total. The number of nitrogens with one attached hydrogen (secondary N) is 1. The van der Waals surface area contributed by atoms with Crippen LogP contribution in [-0.4, -0.2) is 38.1 Å². The van der Waals surface area contributed by atoms with Crippen LogP contribution in [0.25, 0.3) is 0 Å². The summed E-state index contributed by atoms with van der Waals surface area (Å²) < 4.78 is 0. The molecule has 2 aromatic carbocycles. The summed E-state index contributed by atoms with van der Waals surface area (Å²) in [6, 6.07) is 20.4. The van der Waals surface area contributed by atoms with E-state index in [0.717, 1.165) is 13.0 Å². The third-order valence-electron chi connectivity index (χ3n) is 4.89. The summed E-state index contributed by atoms with van der Waals surface area (Å²) in [5.41, 5.74) is 7.50. The lowest BCUT2D eigenvalue weighted by molar-refractivity contribution is 0.217. The number of rotatable bonds is 8. The third kappa shape index (κ3) is 4.40. The van der Waals surface area contributed by atoms with Crippen molar-refractivity contribution in [2.75, 3.05) is 27.2 Å². The lowest BCUT2D eigenvalue weighted by Crippen LogP contribution is -2.50. The number of primary amides is 1. The van der Waals surface area contributed by atoms with Crippen molar-refractivity contribution in [2.24, 2.45) is 11.7 Å². The van der Waals surface area contributed by atoms with Crippen molar-refractivity contribution in [3.8, 4) is 0 Å². The second kappa shape index (κ2) is 8.67. The van der Waals surface area contributed by atoms with Gasteiger partial charge in [0.15, 0.2) is 0 Å². The molecule has 0 radical (unpaired) electrons. The molecule has 3 N–H and O–H groups in total. The summed E-state index contributed by atoms with van der Waals surface area (Å²) in [6.45, 7) is 3.60. The Morgan fingerprint density at radius 3 is 1.88 bits per heavy atom. The van der Waals surface area contributed by atoms with Gasteiger partial charge < -0.3 is 16.0 Å². The summed E-state index contributed by atoms with van der Waals surface area (Å²) in [5.74, 6) is 0.319. The Labute approximate surface area is 151 Å². The van der Waals surface area contributed by atoms with Crippen LogP contribution in [0.3, 0.4) is 0 Å². The smallest absolute Gasteiger partial charge is 0.312 e. The van der Waals surface area contributed by atoms with E-state index in [9.17, 15) is 4.79 Å². The molecule has 0 bridgehead atoms. The van der Waals surface area contributed by atoms with E-state index < -0.39 is 6.03 Å². The first kappa shape index (κ1) is 19.0. The van der Waals surface area contributed by atoms with Crippen molar-refractivity contribution in [3.05, 3.63) is 71.8 Å². The Hall–Kier alpha value is -2.33. The molecule has 4 heteroatoms. The number of carbonyl (C=O) groups is 1. The van der Waals surface area contributed by atoms with E-state index in [-0.39, 0.29) is 5.41 Å². The van der Waals surface area contributed by atoms with Crippen molar-refractivity contribution in [3.63, 3.8) is 0 Å². The fourth-order valence-corrected chi connectivity index (χ4v) is 3.76. The highest BCUT2D eigenvalue weighted by Gasteiger charge is 2.41. The van der Waals surface area contributed by atoms with Gasteiger partial charge in [-0.25, -0.2) is 4.79 Å². The maximum absolute atomic E-state index is 11.5. The molecule has 0 aliphatic heterocycles. The second-order valence-electron chi connectivity index (χ2n) is 6.79. The zero-order chi connectivity index (χ0) is 18.3. The summed E-state index contributed by atoms with van der Waals surface area (Å²) in [7, 11) is 4.18. The van der Waals surface area contributed by atoms with Crippen molar-refractivity contribution in [1.29, 1.82) is 0 Å². The van der Waals surface area contributed by atoms with E-state index in [4.69, 9.17) is 5.73 Å². The fraction of sp³-hybridized carbons (Fsp3) is 0.381. The minimum atomic E-state index is -0.490. The number of nitrogens with two attached hydrogens (primary N) is 1. The molecule has 0 spiro atoms. The number of nitrogens with zero attached hydrogens (tertiary/aromatic N) is 1. The zero-order valence-electron chi connectivity index (χ0n) is 15.4. The van der Waals surface area contributed by atoms with Crippen LogP contribution in [-0.2, 0) is 5.41 Å².